The Hall–Kier alpha value is -2.23. The lowest BCUT2D eigenvalue weighted by Gasteiger charge is -2.05. The van der Waals surface area contributed by atoms with E-state index in [-0.39, 0.29) is 5.91 Å². The van der Waals surface area contributed by atoms with Crippen LogP contribution in [0.1, 0.15) is 33.4 Å². The maximum Gasteiger partial charge on any atom is 0.265 e. The molecule has 0 aliphatic carbocycles. The number of aromatic nitrogens is 2. The number of carbonyl (C=O) groups excluding carboxylic acids is 1. The Bertz CT molecular complexity index is 684. The maximum atomic E-state index is 12.1. The van der Waals surface area contributed by atoms with Gasteiger partial charge >= 0.3 is 0 Å². The molecule has 0 atom stereocenters. The van der Waals surface area contributed by atoms with E-state index in [0.717, 1.165) is 28.4 Å². The van der Waals surface area contributed by atoms with E-state index in [2.05, 4.69) is 26.7 Å². The molecule has 0 fully saturated rings. The fourth-order valence-electron chi connectivity index (χ4n) is 1.79. The summed E-state index contributed by atoms with van der Waals surface area (Å²) in [6.07, 6.45) is 0.698. The van der Waals surface area contributed by atoms with Crippen LogP contribution in [0.25, 0.3) is 0 Å². The van der Waals surface area contributed by atoms with Crippen LogP contribution in [0.2, 0.25) is 0 Å². The van der Waals surface area contributed by atoms with Crippen molar-refractivity contribution in [3.63, 3.8) is 0 Å². The fourth-order valence-corrected chi connectivity index (χ4v) is 2.45. The van der Waals surface area contributed by atoms with Crippen molar-refractivity contribution >= 4 is 17.4 Å². The second-order valence-corrected chi connectivity index (χ2v) is 5.05. The van der Waals surface area contributed by atoms with E-state index in [1.165, 1.54) is 0 Å². The number of hydrogen-bond donors (Lipinski definition) is 2. The molecule has 1 amide bonds. The zero-order chi connectivity index (χ0) is 15.1. The molecular weight excluding hydrogens is 284 g/mol. The summed E-state index contributed by atoms with van der Waals surface area (Å²) in [5, 5.41) is 6.81. The first kappa shape index (κ1) is 15.2. The van der Waals surface area contributed by atoms with E-state index in [0.29, 0.717) is 24.4 Å². The second kappa shape index (κ2) is 7.53. The number of nitrogens with one attached hydrogen (secondary N) is 1. The van der Waals surface area contributed by atoms with Crippen LogP contribution in [-0.2, 0) is 13.0 Å². The molecule has 1 aromatic heterocycles. The summed E-state index contributed by atoms with van der Waals surface area (Å²) < 4.78 is 3.82. The van der Waals surface area contributed by atoms with E-state index in [1.54, 1.807) is 0 Å². The minimum Gasteiger partial charge on any atom is -0.347 e. The quantitative estimate of drug-likeness (QED) is 0.835. The van der Waals surface area contributed by atoms with Crippen LogP contribution in [0.5, 0.6) is 0 Å². The summed E-state index contributed by atoms with van der Waals surface area (Å²) in [5.74, 6) is 5.64. The molecule has 6 heteroatoms. The zero-order valence-corrected chi connectivity index (χ0v) is 12.5. The summed E-state index contributed by atoms with van der Waals surface area (Å²) in [7, 11) is 0. The molecule has 2 aromatic rings. The van der Waals surface area contributed by atoms with Gasteiger partial charge in [-0.2, -0.15) is 0 Å². The first-order valence-corrected chi connectivity index (χ1v) is 7.39. The van der Waals surface area contributed by atoms with Gasteiger partial charge in [-0.1, -0.05) is 35.4 Å². The van der Waals surface area contributed by atoms with Gasteiger partial charge in [-0.25, -0.2) is 0 Å². The first-order chi connectivity index (χ1) is 10.2. The van der Waals surface area contributed by atoms with Gasteiger partial charge in [-0.05, 0) is 35.6 Å². The molecule has 0 saturated heterocycles. The van der Waals surface area contributed by atoms with Crippen LogP contribution in [0, 0.1) is 11.8 Å². The molecule has 0 aliphatic rings. The van der Waals surface area contributed by atoms with Crippen molar-refractivity contribution in [2.24, 2.45) is 5.73 Å². The molecule has 2 rings (SSSR count). The van der Waals surface area contributed by atoms with Crippen LogP contribution < -0.4 is 11.1 Å². The SMILES string of the molecule is CCc1nnsc1C(=O)NCc1cccc(C#CCN)c1. The average Bonchev–Trinajstić information content (AvgIpc) is 2.99. The third-order valence-corrected chi connectivity index (χ3v) is 3.58. The maximum absolute atomic E-state index is 12.1. The Morgan fingerprint density at radius 1 is 1.48 bits per heavy atom. The molecule has 0 bridgehead atoms. The molecule has 5 nitrogen and oxygen atoms in total. The number of aryl methyl sites for hydroxylation is 1. The monoisotopic (exact) mass is 300 g/mol. The average molecular weight is 300 g/mol. The summed E-state index contributed by atoms with van der Waals surface area (Å²) >= 11 is 1.12. The minimum atomic E-state index is -0.139. The largest absolute Gasteiger partial charge is 0.347 e. The van der Waals surface area contributed by atoms with Gasteiger partial charge in [0, 0.05) is 12.1 Å². The minimum absolute atomic E-state index is 0.139. The number of carbonyl (C=O) groups is 1. The Balaban J connectivity index is 2.01. The Labute approximate surface area is 127 Å². The normalized spacial score (nSPS) is 9.81. The van der Waals surface area contributed by atoms with Crippen molar-refractivity contribution in [2.45, 2.75) is 19.9 Å². The molecular formula is C15H16N4OS. The van der Waals surface area contributed by atoms with Crippen molar-refractivity contribution in [1.29, 1.82) is 0 Å². The zero-order valence-electron chi connectivity index (χ0n) is 11.7. The highest BCUT2D eigenvalue weighted by Gasteiger charge is 2.14. The Kier molecular flexibility index (Phi) is 5.43. The van der Waals surface area contributed by atoms with Crippen LogP contribution in [0.3, 0.4) is 0 Å². The van der Waals surface area contributed by atoms with E-state index in [1.807, 2.05) is 31.2 Å². The molecule has 3 N–H and O–H groups in total. The van der Waals surface area contributed by atoms with Crippen molar-refractivity contribution in [3.05, 3.63) is 46.0 Å². The highest BCUT2D eigenvalue weighted by Crippen LogP contribution is 2.11. The van der Waals surface area contributed by atoms with Crippen LogP contribution >= 0.6 is 11.5 Å². The van der Waals surface area contributed by atoms with Gasteiger partial charge in [0.1, 0.15) is 4.88 Å². The van der Waals surface area contributed by atoms with E-state index in [4.69, 9.17) is 5.73 Å². The lowest BCUT2D eigenvalue weighted by atomic mass is 10.1. The van der Waals surface area contributed by atoms with Gasteiger partial charge in [-0.15, -0.1) is 5.10 Å². The van der Waals surface area contributed by atoms with Gasteiger partial charge in [0.05, 0.1) is 12.2 Å². The Morgan fingerprint density at radius 2 is 2.33 bits per heavy atom. The third kappa shape index (κ3) is 4.12. The third-order valence-electron chi connectivity index (χ3n) is 2.81. The Morgan fingerprint density at radius 3 is 3.10 bits per heavy atom. The van der Waals surface area contributed by atoms with Gasteiger partial charge in [0.15, 0.2) is 0 Å². The second-order valence-electron chi connectivity index (χ2n) is 4.29. The summed E-state index contributed by atoms with van der Waals surface area (Å²) in [6.45, 7) is 2.73. The number of nitrogens with two attached hydrogens (primary N) is 1. The highest BCUT2D eigenvalue weighted by atomic mass is 32.1. The molecule has 0 radical (unpaired) electrons. The van der Waals surface area contributed by atoms with Crippen LogP contribution in [0.4, 0.5) is 0 Å². The molecule has 0 aliphatic heterocycles. The standard InChI is InChI=1S/C15H16N4OS/c1-2-13-14(21-19-18-13)15(20)17-10-12-6-3-5-11(9-12)7-4-8-16/h3,5-6,9H,2,8,10,16H2,1H3,(H,17,20). The molecule has 1 aromatic carbocycles. The van der Waals surface area contributed by atoms with Crippen LogP contribution in [-0.4, -0.2) is 22.0 Å². The van der Waals surface area contributed by atoms with Gasteiger partial charge in [0.2, 0.25) is 0 Å². The lowest BCUT2D eigenvalue weighted by Crippen LogP contribution is -2.22. The molecule has 1 heterocycles. The van der Waals surface area contributed by atoms with Gasteiger partial charge < -0.3 is 11.1 Å². The molecule has 0 unspecified atom stereocenters. The number of amides is 1. The fraction of sp³-hybridized carbons (Fsp3) is 0.267. The van der Waals surface area contributed by atoms with Crippen LogP contribution in [0.15, 0.2) is 24.3 Å². The van der Waals surface area contributed by atoms with Crippen molar-refractivity contribution in [3.8, 4) is 11.8 Å². The smallest absolute Gasteiger partial charge is 0.265 e. The lowest BCUT2D eigenvalue weighted by molar-refractivity contribution is 0.0954. The van der Waals surface area contributed by atoms with E-state index in [9.17, 15) is 4.79 Å². The predicted molar refractivity (Wildman–Crippen MR) is 82.8 cm³/mol. The van der Waals surface area contributed by atoms with Gasteiger partial charge in [0.25, 0.3) is 5.91 Å². The molecule has 21 heavy (non-hydrogen) atoms. The van der Waals surface area contributed by atoms with Crippen molar-refractivity contribution < 1.29 is 4.79 Å². The molecule has 0 saturated carbocycles. The first-order valence-electron chi connectivity index (χ1n) is 6.62. The van der Waals surface area contributed by atoms with E-state index < -0.39 is 0 Å². The number of benzene rings is 1. The van der Waals surface area contributed by atoms with Crippen molar-refractivity contribution in [2.75, 3.05) is 6.54 Å². The topological polar surface area (TPSA) is 80.9 Å². The van der Waals surface area contributed by atoms with Gasteiger partial charge in [-0.3, -0.25) is 4.79 Å². The number of rotatable bonds is 4. The van der Waals surface area contributed by atoms with E-state index >= 15 is 0 Å². The predicted octanol–water partition coefficient (Wildman–Crippen LogP) is 1.34. The summed E-state index contributed by atoms with van der Waals surface area (Å²) in [5.41, 5.74) is 7.97. The summed E-state index contributed by atoms with van der Waals surface area (Å²) in [6, 6.07) is 7.71. The number of hydrogen-bond acceptors (Lipinski definition) is 5. The molecule has 108 valence electrons. The number of nitrogens with zero attached hydrogens (tertiary/aromatic N) is 2. The summed E-state index contributed by atoms with van der Waals surface area (Å²) in [4.78, 5) is 12.7. The van der Waals surface area contributed by atoms with Crippen molar-refractivity contribution in [1.82, 2.24) is 14.9 Å². The molecule has 0 spiro atoms. The highest BCUT2D eigenvalue weighted by molar-refractivity contribution is 7.08.